The molecule has 0 aliphatic rings. The minimum absolute atomic E-state index is 0.274. The van der Waals surface area contributed by atoms with Gasteiger partial charge in [0.2, 0.25) is 0 Å². The molecule has 0 saturated heterocycles. The molecule has 0 fully saturated rings. The van der Waals surface area contributed by atoms with Gasteiger partial charge in [0.05, 0.1) is 0 Å². The highest BCUT2D eigenvalue weighted by Crippen LogP contribution is 2.45. The van der Waals surface area contributed by atoms with Crippen molar-refractivity contribution in [2.45, 2.75) is 60.3 Å². The molecule has 0 aliphatic carbocycles. The van der Waals surface area contributed by atoms with Crippen molar-refractivity contribution >= 4 is 6.29 Å². The minimum Gasteiger partial charge on any atom is -0.298 e. The summed E-state index contributed by atoms with van der Waals surface area (Å²) >= 11 is 0. The lowest BCUT2D eigenvalue weighted by Crippen LogP contribution is -2.26. The SMILES string of the molecule is CCC(C)(C)C(CC(C)(C)C)c1ccc(C=O)cc1. The maximum Gasteiger partial charge on any atom is 0.150 e. The quantitative estimate of drug-likeness (QED) is 0.643. The van der Waals surface area contributed by atoms with Crippen LogP contribution in [0.3, 0.4) is 0 Å². The normalized spacial score (nSPS) is 14.2. The van der Waals surface area contributed by atoms with Crippen molar-refractivity contribution in [2.24, 2.45) is 10.8 Å². The van der Waals surface area contributed by atoms with Crippen LogP contribution in [0.15, 0.2) is 24.3 Å². The molecule has 0 radical (unpaired) electrons. The van der Waals surface area contributed by atoms with E-state index in [4.69, 9.17) is 0 Å². The van der Waals surface area contributed by atoms with E-state index in [9.17, 15) is 4.79 Å². The van der Waals surface area contributed by atoms with Gasteiger partial charge in [0.1, 0.15) is 6.29 Å². The van der Waals surface area contributed by atoms with Crippen molar-refractivity contribution in [3.63, 3.8) is 0 Å². The number of benzene rings is 1. The monoisotopic (exact) mass is 260 g/mol. The van der Waals surface area contributed by atoms with Crippen LogP contribution < -0.4 is 0 Å². The molecule has 1 unspecified atom stereocenters. The first-order valence-corrected chi connectivity index (χ1v) is 7.25. The summed E-state index contributed by atoms with van der Waals surface area (Å²) < 4.78 is 0. The zero-order valence-electron chi connectivity index (χ0n) is 13.3. The summed E-state index contributed by atoms with van der Waals surface area (Å²) in [6, 6.07) is 8.11. The summed E-state index contributed by atoms with van der Waals surface area (Å²) in [4.78, 5) is 10.8. The molecule has 106 valence electrons. The van der Waals surface area contributed by atoms with Gasteiger partial charge < -0.3 is 0 Å². The molecule has 0 amide bonds. The predicted molar refractivity (Wildman–Crippen MR) is 82.7 cm³/mol. The van der Waals surface area contributed by atoms with Crippen LogP contribution in [0.25, 0.3) is 0 Å². The van der Waals surface area contributed by atoms with Crippen LogP contribution in [0.2, 0.25) is 0 Å². The summed E-state index contributed by atoms with van der Waals surface area (Å²) in [6.07, 6.45) is 3.23. The van der Waals surface area contributed by atoms with Crippen molar-refractivity contribution in [3.8, 4) is 0 Å². The van der Waals surface area contributed by atoms with Gasteiger partial charge in [0, 0.05) is 5.56 Å². The zero-order valence-corrected chi connectivity index (χ0v) is 13.3. The molecule has 0 heterocycles. The van der Waals surface area contributed by atoms with Crippen LogP contribution in [-0.4, -0.2) is 6.29 Å². The second kappa shape index (κ2) is 5.90. The van der Waals surface area contributed by atoms with Crippen LogP contribution in [-0.2, 0) is 0 Å². The van der Waals surface area contributed by atoms with Gasteiger partial charge in [-0.15, -0.1) is 0 Å². The fourth-order valence-corrected chi connectivity index (χ4v) is 2.51. The van der Waals surface area contributed by atoms with Gasteiger partial charge in [-0.25, -0.2) is 0 Å². The van der Waals surface area contributed by atoms with Crippen LogP contribution in [0.5, 0.6) is 0 Å². The van der Waals surface area contributed by atoms with Crippen LogP contribution in [0.1, 0.15) is 76.2 Å². The Hall–Kier alpha value is -1.11. The molecule has 1 heteroatoms. The van der Waals surface area contributed by atoms with E-state index in [0.717, 1.165) is 24.7 Å². The zero-order chi connectivity index (χ0) is 14.7. The average Bonchev–Trinajstić information content (AvgIpc) is 2.35. The maximum atomic E-state index is 10.8. The number of hydrogen-bond acceptors (Lipinski definition) is 1. The summed E-state index contributed by atoms with van der Waals surface area (Å²) in [5.74, 6) is 0.526. The standard InChI is InChI=1S/C18H28O/c1-7-18(5,6)16(12-17(2,3)4)15-10-8-14(13-19)9-11-15/h8-11,13,16H,7,12H2,1-6H3. The third-order valence-corrected chi connectivity index (χ3v) is 4.15. The van der Waals surface area contributed by atoms with Crippen LogP contribution in [0.4, 0.5) is 0 Å². The van der Waals surface area contributed by atoms with E-state index in [1.54, 1.807) is 0 Å². The largest absolute Gasteiger partial charge is 0.298 e. The molecule has 0 saturated carbocycles. The molecule has 1 nitrogen and oxygen atoms in total. The van der Waals surface area contributed by atoms with E-state index in [1.807, 2.05) is 12.1 Å². The Bertz CT molecular complexity index is 406. The van der Waals surface area contributed by atoms with E-state index in [-0.39, 0.29) is 5.41 Å². The topological polar surface area (TPSA) is 17.1 Å². The Morgan fingerprint density at radius 2 is 1.58 bits per heavy atom. The Balaban J connectivity index is 3.11. The van der Waals surface area contributed by atoms with Crippen LogP contribution >= 0.6 is 0 Å². The Morgan fingerprint density at radius 3 is 1.95 bits per heavy atom. The Morgan fingerprint density at radius 1 is 1.05 bits per heavy atom. The molecule has 1 rings (SSSR count). The molecular weight excluding hydrogens is 232 g/mol. The minimum atomic E-state index is 0.274. The van der Waals surface area contributed by atoms with Crippen molar-refractivity contribution in [3.05, 3.63) is 35.4 Å². The van der Waals surface area contributed by atoms with E-state index in [2.05, 4.69) is 53.7 Å². The lowest BCUT2D eigenvalue weighted by atomic mass is 9.67. The van der Waals surface area contributed by atoms with Gasteiger partial charge in [-0.2, -0.15) is 0 Å². The van der Waals surface area contributed by atoms with Crippen molar-refractivity contribution in [1.29, 1.82) is 0 Å². The Labute approximate surface area is 118 Å². The molecule has 1 aromatic carbocycles. The molecule has 1 aromatic rings. The van der Waals surface area contributed by atoms with Crippen LogP contribution in [0, 0.1) is 10.8 Å². The Kier molecular flexibility index (Phi) is 4.95. The van der Waals surface area contributed by atoms with Crippen molar-refractivity contribution in [2.75, 3.05) is 0 Å². The predicted octanol–water partition coefficient (Wildman–Crippen LogP) is 5.46. The molecule has 0 N–H and O–H groups in total. The fraction of sp³-hybridized carbons (Fsp3) is 0.611. The third-order valence-electron chi connectivity index (χ3n) is 4.15. The summed E-state index contributed by atoms with van der Waals surface area (Å²) in [6.45, 7) is 13.8. The van der Waals surface area contributed by atoms with Crippen molar-refractivity contribution in [1.82, 2.24) is 0 Å². The first kappa shape index (κ1) is 15.9. The second-order valence-corrected chi connectivity index (χ2v) is 7.44. The number of carbonyl (C=O) groups excluding carboxylic acids is 1. The first-order chi connectivity index (χ1) is 8.69. The van der Waals surface area contributed by atoms with E-state index >= 15 is 0 Å². The van der Waals surface area contributed by atoms with E-state index in [1.165, 1.54) is 5.56 Å². The molecule has 0 spiro atoms. The third kappa shape index (κ3) is 4.49. The highest BCUT2D eigenvalue weighted by atomic mass is 16.1. The lowest BCUT2D eigenvalue weighted by molar-refractivity contribution is 0.112. The number of carbonyl (C=O) groups is 1. The van der Waals surface area contributed by atoms with Gasteiger partial charge in [-0.1, -0.05) is 72.2 Å². The summed E-state index contributed by atoms with van der Waals surface area (Å²) in [5.41, 5.74) is 2.69. The highest BCUT2D eigenvalue weighted by molar-refractivity contribution is 5.74. The maximum absolute atomic E-state index is 10.8. The highest BCUT2D eigenvalue weighted by Gasteiger charge is 2.32. The van der Waals surface area contributed by atoms with Gasteiger partial charge in [-0.3, -0.25) is 4.79 Å². The fourth-order valence-electron chi connectivity index (χ4n) is 2.51. The summed E-state index contributed by atoms with van der Waals surface area (Å²) in [5, 5.41) is 0. The molecule has 0 aliphatic heterocycles. The first-order valence-electron chi connectivity index (χ1n) is 7.25. The second-order valence-electron chi connectivity index (χ2n) is 7.44. The number of hydrogen-bond donors (Lipinski definition) is 0. The number of aldehydes is 1. The molecule has 19 heavy (non-hydrogen) atoms. The molecule has 0 aromatic heterocycles. The molecule has 1 atom stereocenters. The smallest absolute Gasteiger partial charge is 0.150 e. The van der Waals surface area contributed by atoms with Gasteiger partial charge in [0.25, 0.3) is 0 Å². The van der Waals surface area contributed by atoms with Gasteiger partial charge in [-0.05, 0) is 28.7 Å². The van der Waals surface area contributed by atoms with Gasteiger partial charge in [0.15, 0.2) is 0 Å². The lowest BCUT2D eigenvalue weighted by Gasteiger charge is -2.38. The average molecular weight is 260 g/mol. The van der Waals surface area contributed by atoms with E-state index in [0.29, 0.717) is 11.3 Å². The van der Waals surface area contributed by atoms with E-state index < -0.39 is 0 Å². The van der Waals surface area contributed by atoms with Crippen molar-refractivity contribution < 1.29 is 4.79 Å². The number of rotatable bonds is 5. The molecular formula is C18H28O. The molecule has 0 bridgehead atoms. The summed E-state index contributed by atoms with van der Waals surface area (Å²) in [7, 11) is 0. The van der Waals surface area contributed by atoms with Gasteiger partial charge >= 0.3 is 0 Å².